The van der Waals surface area contributed by atoms with Crippen molar-refractivity contribution >= 4 is 16.9 Å². The smallest absolute Gasteiger partial charge is 0.154 e. The van der Waals surface area contributed by atoms with E-state index in [9.17, 15) is 0 Å². The molecule has 0 radical (unpaired) electrons. The lowest BCUT2D eigenvalue weighted by atomic mass is 9.75. The van der Waals surface area contributed by atoms with Crippen molar-refractivity contribution in [3.8, 4) is 0 Å². The lowest BCUT2D eigenvalue weighted by Crippen LogP contribution is -2.54. The maximum atomic E-state index is 4.44. The second kappa shape index (κ2) is 4.49. The van der Waals surface area contributed by atoms with Gasteiger partial charge in [-0.3, -0.25) is 0 Å². The molecule has 1 aliphatic rings. The highest BCUT2D eigenvalue weighted by molar-refractivity contribution is 5.85. The second-order valence-electron chi connectivity index (χ2n) is 5.71. The van der Waals surface area contributed by atoms with Crippen LogP contribution in [-0.2, 0) is 7.05 Å². The van der Waals surface area contributed by atoms with Gasteiger partial charge in [0.05, 0.1) is 11.8 Å². The third-order valence-electron chi connectivity index (χ3n) is 4.46. The van der Waals surface area contributed by atoms with E-state index in [4.69, 9.17) is 0 Å². The number of likely N-dealkylation sites (N-methyl/N-ethyl adjacent to an activating group) is 1. The summed E-state index contributed by atoms with van der Waals surface area (Å²) < 4.78 is 2.02. The Kier molecular flexibility index (Phi) is 2.93. The molecule has 0 aromatic carbocycles. The summed E-state index contributed by atoms with van der Waals surface area (Å²) in [4.78, 5) is 11.2. The molecule has 0 saturated heterocycles. The number of hydrogen-bond acceptors (Lipinski definition) is 4. The monoisotopic (exact) mass is 259 g/mol. The molecular weight excluding hydrogens is 238 g/mol. The normalized spacial score (nSPS) is 17.7. The summed E-state index contributed by atoms with van der Waals surface area (Å²) in [5.74, 6) is 0.895. The third-order valence-corrected chi connectivity index (χ3v) is 4.46. The SMILES string of the molecule is CN(C)C1(CNc2nccc3c2ncn3C)CCC1. The van der Waals surface area contributed by atoms with Gasteiger partial charge in [-0.2, -0.15) is 0 Å². The maximum Gasteiger partial charge on any atom is 0.154 e. The van der Waals surface area contributed by atoms with Crippen molar-refractivity contribution in [3.05, 3.63) is 18.6 Å². The van der Waals surface area contributed by atoms with Crippen molar-refractivity contribution < 1.29 is 0 Å². The predicted molar refractivity (Wildman–Crippen MR) is 77.3 cm³/mol. The van der Waals surface area contributed by atoms with Crippen LogP contribution in [-0.4, -0.2) is 45.6 Å². The number of pyridine rings is 1. The summed E-state index contributed by atoms with van der Waals surface area (Å²) in [6.07, 6.45) is 7.51. The highest BCUT2D eigenvalue weighted by atomic mass is 15.2. The molecule has 0 unspecified atom stereocenters. The van der Waals surface area contributed by atoms with Gasteiger partial charge in [-0.05, 0) is 39.4 Å². The van der Waals surface area contributed by atoms with Crippen molar-refractivity contribution in [1.29, 1.82) is 0 Å². The van der Waals surface area contributed by atoms with Gasteiger partial charge in [-0.1, -0.05) is 0 Å². The quantitative estimate of drug-likeness (QED) is 0.910. The summed E-state index contributed by atoms with van der Waals surface area (Å²) in [5, 5.41) is 3.50. The van der Waals surface area contributed by atoms with Crippen LogP contribution in [0.3, 0.4) is 0 Å². The van der Waals surface area contributed by atoms with Crippen LogP contribution >= 0.6 is 0 Å². The molecule has 2 heterocycles. The third kappa shape index (κ3) is 1.98. The molecule has 5 heteroatoms. The molecule has 5 nitrogen and oxygen atoms in total. The van der Waals surface area contributed by atoms with Gasteiger partial charge in [0.15, 0.2) is 5.82 Å². The van der Waals surface area contributed by atoms with E-state index >= 15 is 0 Å². The average Bonchev–Trinajstić information content (AvgIpc) is 2.70. The topological polar surface area (TPSA) is 46.0 Å². The number of aromatic nitrogens is 3. The average molecular weight is 259 g/mol. The van der Waals surface area contributed by atoms with Crippen molar-refractivity contribution in [2.75, 3.05) is 26.0 Å². The van der Waals surface area contributed by atoms with Crippen LogP contribution < -0.4 is 5.32 Å². The first kappa shape index (κ1) is 12.4. The molecule has 2 aromatic heterocycles. The van der Waals surface area contributed by atoms with Crippen molar-refractivity contribution in [2.24, 2.45) is 7.05 Å². The van der Waals surface area contributed by atoms with E-state index in [0.29, 0.717) is 5.54 Å². The van der Waals surface area contributed by atoms with Gasteiger partial charge >= 0.3 is 0 Å². The summed E-state index contributed by atoms with van der Waals surface area (Å²) in [5.41, 5.74) is 2.36. The number of hydrogen-bond donors (Lipinski definition) is 1. The van der Waals surface area contributed by atoms with Crippen LogP contribution in [0.5, 0.6) is 0 Å². The largest absolute Gasteiger partial charge is 0.366 e. The van der Waals surface area contributed by atoms with Crippen LogP contribution in [0, 0.1) is 0 Å². The zero-order valence-corrected chi connectivity index (χ0v) is 11.8. The molecule has 1 N–H and O–H groups in total. The molecule has 1 aliphatic carbocycles. The Labute approximate surface area is 113 Å². The molecule has 3 rings (SSSR count). The molecule has 102 valence electrons. The molecule has 0 aliphatic heterocycles. The highest BCUT2D eigenvalue weighted by Gasteiger charge is 2.38. The lowest BCUT2D eigenvalue weighted by Gasteiger charge is -2.47. The van der Waals surface area contributed by atoms with E-state index < -0.39 is 0 Å². The van der Waals surface area contributed by atoms with E-state index in [0.717, 1.165) is 23.4 Å². The fourth-order valence-electron chi connectivity index (χ4n) is 2.81. The fraction of sp³-hybridized carbons (Fsp3) is 0.571. The number of rotatable bonds is 4. The minimum atomic E-state index is 0.290. The zero-order valence-electron chi connectivity index (χ0n) is 11.8. The molecule has 0 atom stereocenters. The Hall–Kier alpha value is -1.62. The van der Waals surface area contributed by atoms with E-state index in [1.54, 1.807) is 0 Å². The second-order valence-corrected chi connectivity index (χ2v) is 5.71. The number of nitrogens with zero attached hydrogens (tertiary/aromatic N) is 4. The minimum Gasteiger partial charge on any atom is -0.366 e. The Morgan fingerprint density at radius 3 is 2.79 bits per heavy atom. The Bertz CT molecular complexity index is 583. The molecule has 0 spiro atoms. The minimum absolute atomic E-state index is 0.290. The predicted octanol–water partition coefficient (Wildman–Crippen LogP) is 1.86. The van der Waals surface area contributed by atoms with Crippen LogP contribution in [0.15, 0.2) is 18.6 Å². The summed E-state index contributed by atoms with van der Waals surface area (Å²) in [6, 6.07) is 2.00. The van der Waals surface area contributed by atoms with Crippen LogP contribution in [0.25, 0.3) is 11.0 Å². The molecule has 19 heavy (non-hydrogen) atoms. The zero-order chi connectivity index (χ0) is 13.5. The van der Waals surface area contributed by atoms with Crippen molar-refractivity contribution in [3.63, 3.8) is 0 Å². The first-order valence-electron chi connectivity index (χ1n) is 6.80. The Balaban J connectivity index is 1.82. The Morgan fingerprint density at radius 1 is 1.37 bits per heavy atom. The standard InChI is InChI=1S/C14H21N5/c1-18(2)14(6-4-7-14)9-16-13-12-11(5-8-15-13)19(3)10-17-12/h5,8,10H,4,6-7,9H2,1-3H3,(H,15,16). The van der Waals surface area contributed by atoms with E-state index in [1.165, 1.54) is 19.3 Å². The van der Waals surface area contributed by atoms with Gasteiger partial charge < -0.3 is 14.8 Å². The number of imidazole rings is 1. The van der Waals surface area contributed by atoms with Crippen LogP contribution in [0.2, 0.25) is 0 Å². The van der Waals surface area contributed by atoms with Gasteiger partial charge in [-0.15, -0.1) is 0 Å². The van der Waals surface area contributed by atoms with Gasteiger partial charge in [0.2, 0.25) is 0 Å². The number of fused-ring (bicyclic) bond motifs is 1. The Morgan fingerprint density at radius 2 is 2.16 bits per heavy atom. The van der Waals surface area contributed by atoms with Crippen LogP contribution in [0.4, 0.5) is 5.82 Å². The van der Waals surface area contributed by atoms with Crippen LogP contribution in [0.1, 0.15) is 19.3 Å². The van der Waals surface area contributed by atoms with E-state index in [1.807, 2.05) is 30.2 Å². The van der Waals surface area contributed by atoms with Gasteiger partial charge in [0.1, 0.15) is 5.52 Å². The molecule has 0 amide bonds. The summed E-state index contributed by atoms with van der Waals surface area (Å²) in [7, 11) is 6.33. The molecule has 0 bridgehead atoms. The van der Waals surface area contributed by atoms with E-state index in [-0.39, 0.29) is 0 Å². The van der Waals surface area contributed by atoms with Gasteiger partial charge in [-0.25, -0.2) is 9.97 Å². The molecule has 2 aromatic rings. The van der Waals surface area contributed by atoms with Crippen molar-refractivity contribution in [1.82, 2.24) is 19.4 Å². The van der Waals surface area contributed by atoms with Gasteiger partial charge in [0, 0.05) is 25.3 Å². The first-order valence-corrected chi connectivity index (χ1v) is 6.80. The van der Waals surface area contributed by atoms with E-state index in [2.05, 4.69) is 34.3 Å². The number of aryl methyl sites for hydroxylation is 1. The lowest BCUT2D eigenvalue weighted by molar-refractivity contribution is 0.0738. The number of anilines is 1. The molecule has 1 saturated carbocycles. The maximum absolute atomic E-state index is 4.44. The highest BCUT2D eigenvalue weighted by Crippen LogP contribution is 2.36. The van der Waals surface area contributed by atoms with Crippen molar-refractivity contribution in [2.45, 2.75) is 24.8 Å². The summed E-state index contributed by atoms with van der Waals surface area (Å²) >= 11 is 0. The number of nitrogens with one attached hydrogen (secondary N) is 1. The molecular formula is C14H21N5. The first-order chi connectivity index (χ1) is 9.12. The molecule has 1 fully saturated rings. The van der Waals surface area contributed by atoms with Gasteiger partial charge in [0.25, 0.3) is 0 Å². The fourth-order valence-corrected chi connectivity index (χ4v) is 2.81. The summed E-state index contributed by atoms with van der Waals surface area (Å²) in [6.45, 7) is 0.933.